The zero-order valence-electron chi connectivity index (χ0n) is 26.1. The molecule has 0 bridgehead atoms. The van der Waals surface area contributed by atoms with Crippen molar-refractivity contribution in [2.75, 3.05) is 7.05 Å². The van der Waals surface area contributed by atoms with Crippen molar-refractivity contribution in [3.05, 3.63) is 95.6 Å². The van der Waals surface area contributed by atoms with Gasteiger partial charge in [-0.15, -0.1) is 0 Å². The summed E-state index contributed by atoms with van der Waals surface area (Å²) in [6.45, 7) is 6.81. The van der Waals surface area contributed by atoms with Crippen LogP contribution in [-0.2, 0) is 17.6 Å². The summed E-state index contributed by atoms with van der Waals surface area (Å²) >= 11 is 0. The molecule has 2 unspecified atom stereocenters. The summed E-state index contributed by atoms with van der Waals surface area (Å²) in [5, 5.41) is 1.45. The highest BCUT2D eigenvalue weighted by molar-refractivity contribution is 7.84. The van der Waals surface area contributed by atoms with Crippen molar-refractivity contribution in [2.45, 2.75) is 114 Å². The van der Waals surface area contributed by atoms with Crippen molar-refractivity contribution >= 4 is 24.2 Å². The molecule has 2 aliphatic rings. The van der Waals surface area contributed by atoms with Gasteiger partial charge in [0.2, 0.25) is 0 Å². The summed E-state index contributed by atoms with van der Waals surface area (Å²) < 4.78 is 22.7. The third-order valence-electron chi connectivity index (χ3n) is 9.02. The molecule has 2 aliphatic carbocycles. The molecule has 2 atom stereocenters. The molecule has 3 nitrogen and oxygen atoms in total. The van der Waals surface area contributed by atoms with Crippen molar-refractivity contribution in [2.24, 2.45) is 0 Å². The molecular formula is C37H50NO2PS. The molecular weight excluding hydrogens is 553 g/mol. The summed E-state index contributed by atoms with van der Waals surface area (Å²) in [4.78, 5) is 0. The van der Waals surface area contributed by atoms with E-state index in [-0.39, 0.29) is 10.8 Å². The number of hydrogen-bond donors (Lipinski definition) is 0. The molecule has 0 aromatic heterocycles. The van der Waals surface area contributed by atoms with Crippen LogP contribution >= 0.6 is 7.92 Å². The Balaban J connectivity index is 1.69. The number of nitrogens with zero attached hydrogens (tertiary/aromatic N) is 1. The van der Waals surface area contributed by atoms with E-state index in [0.717, 1.165) is 17.1 Å². The fourth-order valence-electron chi connectivity index (χ4n) is 7.02. The van der Waals surface area contributed by atoms with Crippen molar-refractivity contribution < 1.29 is 8.95 Å². The smallest absolute Gasteiger partial charge is 0.127 e. The topological polar surface area (TPSA) is 29.5 Å². The lowest BCUT2D eigenvalue weighted by molar-refractivity contribution is 0.308. The maximum Gasteiger partial charge on any atom is 0.127 e. The van der Waals surface area contributed by atoms with Gasteiger partial charge in [0.15, 0.2) is 0 Å². The zero-order chi connectivity index (χ0) is 29.5. The second kappa shape index (κ2) is 14.7. The first kappa shape index (κ1) is 31.4. The van der Waals surface area contributed by atoms with E-state index in [1.807, 2.05) is 0 Å². The maximum absolute atomic E-state index is 14.0. The van der Waals surface area contributed by atoms with E-state index < -0.39 is 18.9 Å². The lowest BCUT2D eigenvalue weighted by Crippen LogP contribution is -2.40. The minimum Gasteiger partial charge on any atom is -0.488 e. The molecule has 0 heterocycles. The Morgan fingerprint density at radius 3 is 1.88 bits per heavy atom. The van der Waals surface area contributed by atoms with Crippen LogP contribution in [0.3, 0.4) is 0 Å². The molecule has 2 saturated carbocycles. The Labute approximate surface area is 258 Å². The van der Waals surface area contributed by atoms with Crippen LogP contribution in [0.2, 0.25) is 0 Å². The molecule has 226 valence electrons. The van der Waals surface area contributed by atoms with Crippen LogP contribution in [0.1, 0.15) is 108 Å². The molecule has 3 aromatic carbocycles. The third kappa shape index (κ3) is 7.55. The Morgan fingerprint density at radius 1 is 0.786 bits per heavy atom. The van der Waals surface area contributed by atoms with Crippen molar-refractivity contribution in [1.29, 1.82) is 0 Å². The fraction of sp³-hybridized carbons (Fsp3) is 0.514. The van der Waals surface area contributed by atoms with Gasteiger partial charge in [0.25, 0.3) is 0 Å². The first-order valence-corrected chi connectivity index (χ1v) is 18.7. The monoisotopic (exact) mass is 603 g/mol. The van der Waals surface area contributed by atoms with Crippen LogP contribution in [0.4, 0.5) is 0 Å². The molecule has 0 N–H and O–H groups in total. The molecule has 0 radical (unpaired) electrons. The zero-order valence-corrected chi connectivity index (χ0v) is 27.8. The average molecular weight is 604 g/mol. The van der Waals surface area contributed by atoms with E-state index in [1.165, 1.54) is 86.2 Å². The molecule has 3 aromatic rings. The largest absolute Gasteiger partial charge is 0.488 e. The summed E-state index contributed by atoms with van der Waals surface area (Å²) in [7, 11) is 0.415. The Kier molecular flexibility index (Phi) is 11.0. The van der Waals surface area contributed by atoms with E-state index in [2.05, 4.69) is 111 Å². The number of benzene rings is 3. The first-order chi connectivity index (χ1) is 20.3. The maximum atomic E-state index is 14.0. The SMILES string of the molecule is CN(C(c1ccccc1)c1cccc(OCc2ccccc2)c1P(C1CCCCC1)C1CCCCC1)S(=O)C(C)(C)C. The van der Waals surface area contributed by atoms with Crippen molar-refractivity contribution in [1.82, 2.24) is 4.31 Å². The van der Waals surface area contributed by atoms with E-state index in [0.29, 0.717) is 6.61 Å². The van der Waals surface area contributed by atoms with Gasteiger partial charge in [-0.2, -0.15) is 0 Å². The lowest BCUT2D eigenvalue weighted by Gasteiger charge is -2.42. The highest BCUT2D eigenvalue weighted by atomic mass is 32.2. The van der Waals surface area contributed by atoms with Gasteiger partial charge in [0, 0.05) is 12.4 Å². The number of ether oxygens (including phenoxy) is 1. The van der Waals surface area contributed by atoms with Crippen LogP contribution in [0.5, 0.6) is 5.75 Å². The van der Waals surface area contributed by atoms with Crippen LogP contribution in [0.15, 0.2) is 78.9 Å². The van der Waals surface area contributed by atoms with Crippen LogP contribution in [-0.4, -0.2) is 31.6 Å². The molecule has 5 heteroatoms. The predicted octanol–water partition coefficient (Wildman–Crippen LogP) is 9.52. The third-order valence-corrected chi connectivity index (χ3v) is 14.4. The Morgan fingerprint density at radius 2 is 1.33 bits per heavy atom. The molecule has 0 spiro atoms. The summed E-state index contributed by atoms with van der Waals surface area (Å²) in [5.41, 5.74) is 5.15. The van der Waals surface area contributed by atoms with Crippen molar-refractivity contribution in [3.8, 4) is 5.75 Å². The second-order valence-corrected chi connectivity index (χ2v) is 18.2. The highest BCUT2D eigenvalue weighted by Gasteiger charge is 2.39. The molecule has 5 rings (SSSR count). The highest BCUT2D eigenvalue weighted by Crippen LogP contribution is 2.58. The summed E-state index contributed by atoms with van der Waals surface area (Å²) in [6, 6.07) is 27.9. The minimum absolute atomic E-state index is 0.112. The van der Waals surface area contributed by atoms with Crippen molar-refractivity contribution in [3.63, 3.8) is 0 Å². The van der Waals surface area contributed by atoms with Gasteiger partial charge < -0.3 is 4.74 Å². The number of hydrogen-bond acceptors (Lipinski definition) is 2. The second-order valence-electron chi connectivity index (χ2n) is 13.2. The van der Waals surface area contributed by atoms with Gasteiger partial charge in [0.05, 0.1) is 10.8 Å². The molecule has 0 saturated heterocycles. The molecule has 2 fully saturated rings. The van der Waals surface area contributed by atoms with Gasteiger partial charge in [-0.25, -0.2) is 8.51 Å². The van der Waals surface area contributed by atoms with Gasteiger partial charge >= 0.3 is 0 Å². The summed E-state index contributed by atoms with van der Waals surface area (Å²) in [6.07, 6.45) is 13.4. The Bertz CT molecular complexity index is 1260. The van der Waals surface area contributed by atoms with Crippen LogP contribution in [0.25, 0.3) is 0 Å². The van der Waals surface area contributed by atoms with E-state index in [4.69, 9.17) is 4.74 Å². The molecule has 0 aliphatic heterocycles. The van der Waals surface area contributed by atoms with E-state index >= 15 is 0 Å². The average Bonchev–Trinajstić information content (AvgIpc) is 3.02. The summed E-state index contributed by atoms with van der Waals surface area (Å²) in [5.74, 6) is 1.05. The van der Waals surface area contributed by atoms with Crippen LogP contribution in [0, 0.1) is 0 Å². The van der Waals surface area contributed by atoms with E-state index in [1.54, 1.807) is 0 Å². The molecule has 42 heavy (non-hydrogen) atoms. The van der Waals surface area contributed by atoms with Crippen LogP contribution < -0.4 is 10.0 Å². The van der Waals surface area contributed by atoms with Gasteiger partial charge in [0.1, 0.15) is 23.3 Å². The Hall–Kier alpha value is -2.00. The minimum atomic E-state index is -1.18. The standard InChI is InChI=1S/C37H50NO2PS/c1-37(2,3)42(39)38(4)35(30-20-11-6-12-21-30)33-26-17-27-34(40-28-29-18-9-5-10-19-29)36(33)41(31-22-13-7-14-23-31)32-24-15-8-16-25-32/h5-6,9-12,17-21,26-27,31-32,35H,7-8,13-16,22-25,28H2,1-4H3. The van der Waals surface area contributed by atoms with Gasteiger partial charge in [-0.05, 0) is 80.5 Å². The lowest BCUT2D eigenvalue weighted by atomic mass is 9.98. The fourth-order valence-corrected chi connectivity index (χ4v) is 12.4. The quantitative estimate of drug-likeness (QED) is 0.216. The molecule has 0 amide bonds. The van der Waals surface area contributed by atoms with E-state index in [9.17, 15) is 4.21 Å². The predicted molar refractivity (Wildman–Crippen MR) is 181 cm³/mol. The first-order valence-electron chi connectivity index (χ1n) is 16.1. The van der Waals surface area contributed by atoms with Gasteiger partial charge in [-0.3, -0.25) is 0 Å². The normalized spacial score (nSPS) is 18.7. The van der Waals surface area contributed by atoms with Gasteiger partial charge in [-0.1, -0.05) is 119 Å². The number of rotatable bonds is 10.